The first-order chi connectivity index (χ1) is 7.25. The summed E-state index contributed by atoms with van der Waals surface area (Å²) in [5, 5.41) is 2.80. The van der Waals surface area contributed by atoms with E-state index in [-0.39, 0.29) is 0 Å². The van der Waals surface area contributed by atoms with Gasteiger partial charge in [-0.2, -0.15) is 0 Å². The Hall–Kier alpha value is -1.06. The van der Waals surface area contributed by atoms with Crippen LogP contribution in [0, 0.1) is 0 Å². The van der Waals surface area contributed by atoms with Gasteiger partial charge in [0.05, 0.1) is 5.02 Å². The Morgan fingerprint density at radius 2 is 2.13 bits per heavy atom. The number of nitrogens with one attached hydrogen (secondary N) is 1. The zero-order chi connectivity index (χ0) is 10.4. The van der Waals surface area contributed by atoms with Crippen LogP contribution in [0.3, 0.4) is 0 Å². The third kappa shape index (κ3) is 1.34. The molecular weight excluding hydrogens is 275 g/mol. The molecule has 3 rings (SSSR count). The van der Waals surface area contributed by atoms with Crippen LogP contribution in [-0.2, 0) is 0 Å². The maximum absolute atomic E-state index is 6.15. The normalized spacial score (nSPS) is 11.3. The van der Waals surface area contributed by atoms with Crippen LogP contribution in [0.15, 0.2) is 34.9 Å². The first-order valence-corrected chi connectivity index (χ1v) is 5.64. The molecule has 3 aromatic rings. The molecule has 0 spiro atoms. The summed E-state index contributed by atoms with van der Waals surface area (Å²) in [4.78, 5) is 7.48. The zero-order valence-corrected chi connectivity index (χ0v) is 9.93. The van der Waals surface area contributed by atoms with E-state index in [0.717, 1.165) is 31.4 Å². The topological polar surface area (TPSA) is 28.7 Å². The minimum absolute atomic E-state index is 0.726. The molecule has 0 fully saturated rings. The van der Waals surface area contributed by atoms with E-state index in [2.05, 4.69) is 25.9 Å². The van der Waals surface area contributed by atoms with Crippen molar-refractivity contribution < 1.29 is 0 Å². The van der Waals surface area contributed by atoms with Crippen LogP contribution in [-0.4, -0.2) is 9.97 Å². The smallest absolute Gasteiger partial charge is 0.139 e. The summed E-state index contributed by atoms with van der Waals surface area (Å²) < 4.78 is 1.04. The van der Waals surface area contributed by atoms with E-state index in [9.17, 15) is 0 Å². The van der Waals surface area contributed by atoms with Crippen LogP contribution >= 0.6 is 27.5 Å². The van der Waals surface area contributed by atoms with E-state index in [4.69, 9.17) is 11.6 Å². The van der Waals surface area contributed by atoms with E-state index < -0.39 is 0 Å². The van der Waals surface area contributed by atoms with Crippen LogP contribution in [0.1, 0.15) is 0 Å². The molecule has 15 heavy (non-hydrogen) atoms. The Morgan fingerprint density at radius 3 is 3.00 bits per heavy atom. The fourth-order valence-corrected chi connectivity index (χ4v) is 2.36. The molecule has 0 unspecified atom stereocenters. The Kier molecular flexibility index (Phi) is 1.97. The number of aromatic nitrogens is 2. The monoisotopic (exact) mass is 280 g/mol. The fourth-order valence-electron chi connectivity index (χ4n) is 1.75. The lowest BCUT2D eigenvalue weighted by Gasteiger charge is -1.94. The summed E-state index contributed by atoms with van der Waals surface area (Å²) >= 11 is 9.60. The zero-order valence-electron chi connectivity index (χ0n) is 7.59. The van der Waals surface area contributed by atoms with Gasteiger partial charge in [0, 0.05) is 27.0 Å². The van der Waals surface area contributed by atoms with E-state index in [1.807, 2.05) is 18.2 Å². The van der Waals surface area contributed by atoms with E-state index in [0.29, 0.717) is 0 Å². The number of halogens is 2. The first-order valence-electron chi connectivity index (χ1n) is 4.47. The molecule has 1 N–H and O–H groups in total. The second kappa shape index (κ2) is 3.22. The lowest BCUT2D eigenvalue weighted by molar-refractivity contribution is 1.35. The number of rotatable bonds is 0. The Morgan fingerprint density at radius 1 is 1.27 bits per heavy atom. The summed E-state index contributed by atoms with van der Waals surface area (Å²) in [7, 11) is 0. The molecule has 0 bridgehead atoms. The number of hydrogen-bond donors (Lipinski definition) is 1. The first kappa shape index (κ1) is 9.19. The molecule has 0 saturated carbocycles. The van der Waals surface area contributed by atoms with Crippen LogP contribution in [0.2, 0.25) is 5.02 Å². The minimum Gasteiger partial charge on any atom is -0.339 e. The third-order valence-corrected chi connectivity index (χ3v) is 3.21. The molecular formula is C11H6BrClN2. The second-order valence-electron chi connectivity index (χ2n) is 3.33. The molecule has 74 valence electrons. The summed E-state index contributed by atoms with van der Waals surface area (Å²) in [6, 6.07) is 7.85. The summed E-state index contributed by atoms with van der Waals surface area (Å²) in [6.45, 7) is 0. The van der Waals surface area contributed by atoms with Gasteiger partial charge < -0.3 is 4.98 Å². The van der Waals surface area contributed by atoms with Gasteiger partial charge in [0.15, 0.2) is 0 Å². The molecule has 0 aliphatic carbocycles. The Labute approximate surface area is 99.4 Å². The average molecular weight is 282 g/mol. The number of H-pyrrole nitrogens is 1. The summed E-state index contributed by atoms with van der Waals surface area (Å²) in [5.74, 6) is 0. The van der Waals surface area contributed by atoms with Gasteiger partial charge in [0.25, 0.3) is 0 Å². The summed E-state index contributed by atoms with van der Waals surface area (Å²) in [6.07, 6.45) is 1.70. The Balaban J connectivity index is 2.61. The predicted octanol–water partition coefficient (Wildman–Crippen LogP) is 4.13. The highest BCUT2D eigenvalue weighted by atomic mass is 79.9. The highest BCUT2D eigenvalue weighted by Gasteiger charge is 2.08. The molecule has 0 atom stereocenters. The molecule has 0 radical (unpaired) electrons. The van der Waals surface area contributed by atoms with Crippen molar-refractivity contribution >= 4 is 49.5 Å². The minimum atomic E-state index is 0.726. The van der Waals surface area contributed by atoms with Crippen molar-refractivity contribution in [2.75, 3.05) is 0 Å². The van der Waals surface area contributed by atoms with Crippen molar-refractivity contribution in [2.45, 2.75) is 0 Å². The van der Waals surface area contributed by atoms with E-state index >= 15 is 0 Å². The number of hydrogen-bond acceptors (Lipinski definition) is 1. The van der Waals surface area contributed by atoms with Crippen molar-refractivity contribution in [3.63, 3.8) is 0 Å². The Bertz CT molecular complexity index is 660. The molecule has 1 aromatic carbocycles. The lowest BCUT2D eigenvalue weighted by Crippen LogP contribution is -1.74. The SMILES string of the molecule is Clc1ccnc2[nH]c3ccc(Br)cc3c12. The molecule has 2 heterocycles. The maximum atomic E-state index is 6.15. The number of nitrogens with zero attached hydrogens (tertiary/aromatic N) is 1. The van der Waals surface area contributed by atoms with Crippen molar-refractivity contribution in [1.82, 2.24) is 9.97 Å². The number of pyridine rings is 1. The molecule has 4 heteroatoms. The van der Waals surface area contributed by atoms with Gasteiger partial charge >= 0.3 is 0 Å². The van der Waals surface area contributed by atoms with Crippen LogP contribution in [0.5, 0.6) is 0 Å². The molecule has 0 aliphatic heterocycles. The van der Waals surface area contributed by atoms with Gasteiger partial charge in [-0.25, -0.2) is 4.98 Å². The largest absolute Gasteiger partial charge is 0.339 e. The van der Waals surface area contributed by atoms with Crippen LogP contribution in [0.25, 0.3) is 21.9 Å². The van der Waals surface area contributed by atoms with E-state index in [1.54, 1.807) is 12.3 Å². The van der Waals surface area contributed by atoms with Crippen molar-refractivity contribution in [1.29, 1.82) is 0 Å². The molecule has 0 saturated heterocycles. The number of benzene rings is 1. The number of fused-ring (bicyclic) bond motifs is 3. The van der Waals surface area contributed by atoms with Gasteiger partial charge in [-0.05, 0) is 24.3 Å². The fraction of sp³-hybridized carbons (Fsp3) is 0. The van der Waals surface area contributed by atoms with Gasteiger partial charge in [-0.15, -0.1) is 0 Å². The van der Waals surface area contributed by atoms with Gasteiger partial charge in [-0.3, -0.25) is 0 Å². The highest BCUT2D eigenvalue weighted by molar-refractivity contribution is 9.10. The lowest BCUT2D eigenvalue weighted by atomic mass is 10.2. The van der Waals surface area contributed by atoms with Gasteiger partial charge in [0.2, 0.25) is 0 Å². The number of aromatic amines is 1. The molecule has 0 aliphatic rings. The average Bonchev–Trinajstić information content (AvgIpc) is 2.57. The van der Waals surface area contributed by atoms with Crippen molar-refractivity contribution in [3.05, 3.63) is 40.0 Å². The third-order valence-electron chi connectivity index (χ3n) is 2.40. The predicted molar refractivity (Wildman–Crippen MR) is 66.3 cm³/mol. The highest BCUT2D eigenvalue weighted by Crippen LogP contribution is 2.31. The molecule has 0 amide bonds. The standard InChI is InChI=1S/C11H6BrClN2/c12-6-1-2-9-7(5-6)10-8(13)3-4-14-11(10)15-9/h1-5H,(H,14,15). The van der Waals surface area contributed by atoms with Gasteiger partial charge in [0.1, 0.15) is 5.65 Å². The molecule has 2 nitrogen and oxygen atoms in total. The van der Waals surface area contributed by atoms with Crippen LogP contribution < -0.4 is 0 Å². The van der Waals surface area contributed by atoms with Crippen LogP contribution in [0.4, 0.5) is 0 Å². The van der Waals surface area contributed by atoms with E-state index in [1.165, 1.54) is 0 Å². The quantitative estimate of drug-likeness (QED) is 0.659. The van der Waals surface area contributed by atoms with Crippen molar-refractivity contribution in [2.24, 2.45) is 0 Å². The van der Waals surface area contributed by atoms with Gasteiger partial charge in [-0.1, -0.05) is 27.5 Å². The second-order valence-corrected chi connectivity index (χ2v) is 4.65. The van der Waals surface area contributed by atoms with Crippen molar-refractivity contribution in [3.8, 4) is 0 Å². The summed E-state index contributed by atoms with van der Waals surface area (Å²) in [5.41, 5.74) is 1.88. The maximum Gasteiger partial charge on any atom is 0.139 e. The molecule has 2 aromatic heterocycles.